The van der Waals surface area contributed by atoms with Crippen LogP contribution in [0.3, 0.4) is 0 Å². The van der Waals surface area contributed by atoms with Gasteiger partial charge in [-0.2, -0.15) is 0 Å². The molecule has 1 saturated heterocycles. The van der Waals surface area contributed by atoms with E-state index in [-0.39, 0.29) is 12.0 Å². The molecule has 0 bridgehead atoms. The maximum Gasteiger partial charge on any atom is 0.264 e. The minimum atomic E-state index is 0.151. The summed E-state index contributed by atoms with van der Waals surface area (Å²) in [4.78, 5) is 14.9. The standard InChI is InChI=1S/C11H15NO2S/c1-8-3-6-15-10(8)11(13)12-4-5-14-9(2)7-12/h3,6,9H,4-5,7H2,1-2H3. The molecule has 2 heterocycles. The van der Waals surface area contributed by atoms with E-state index in [2.05, 4.69) is 0 Å². The second kappa shape index (κ2) is 4.33. The Morgan fingerprint density at radius 2 is 2.47 bits per heavy atom. The van der Waals surface area contributed by atoms with Crippen molar-refractivity contribution in [2.24, 2.45) is 0 Å². The maximum atomic E-state index is 12.1. The van der Waals surface area contributed by atoms with Gasteiger partial charge in [0.1, 0.15) is 0 Å². The van der Waals surface area contributed by atoms with Crippen LogP contribution in [0.2, 0.25) is 0 Å². The van der Waals surface area contributed by atoms with Crippen LogP contribution in [-0.2, 0) is 4.74 Å². The van der Waals surface area contributed by atoms with Crippen molar-refractivity contribution >= 4 is 17.2 Å². The van der Waals surface area contributed by atoms with Gasteiger partial charge in [0.25, 0.3) is 5.91 Å². The van der Waals surface area contributed by atoms with Crippen LogP contribution in [0.25, 0.3) is 0 Å². The van der Waals surface area contributed by atoms with Gasteiger partial charge in [-0.3, -0.25) is 4.79 Å². The average molecular weight is 225 g/mol. The van der Waals surface area contributed by atoms with Gasteiger partial charge in [-0.15, -0.1) is 11.3 Å². The van der Waals surface area contributed by atoms with Crippen molar-refractivity contribution in [2.45, 2.75) is 20.0 Å². The highest BCUT2D eigenvalue weighted by Crippen LogP contribution is 2.19. The minimum absolute atomic E-state index is 0.151. The van der Waals surface area contributed by atoms with Gasteiger partial charge in [0.2, 0.25) is 0 Å². The fraction of sp³-hybridized carbons (Fsp3) is 0.545. The van der Waals surface area contributed by atoms with Crippen molar-refractivity contribution in [1.82, 2.24) is 4.90 Å². The zero-order valence-electron chi connectivity index (χ0n) is 9.03. The summed E-state index contributed by atoms with van der Waals surface area (Å²) in [6.45, 7) is 6.04. The molecule has 0 aromatic carbocycles. The van der Waals surface area contributed by atoms with E-state index in [1.165, 1.54) is 11.3 Å². The van der Waals surface area contributed by atoms with Crippen LogP contribution in [0.1, 0.15) is 22.2 Å². The van der Waals surface area contributed by atoms with E-state index in [1.807, 2.05) is 30.2 Å². The first-order valence-electron chi connectivity index (χ1n) is 5.13. The summed E-state index contributed by atoms with van der Waals surface area (Å²) in [6.07, 6.45) is 0.156. The smallest absolute Gasteiger partial charge is 0.264 e. The number of hydrogen-bond acceptors (Lipinski definition) is 3. The number of nitrogens with zero attached hydrogens (tertiary/aromatic N) is 1. The lowest BCUT2D eigenvalue weighted by atomic mass is 10.2. The molecule has 1 fully saturated rings. The molecule has 3 nitrogen and oxygen atoms in total. The molecule has 1 aliphatic heterocycles. The topological polar surface area (TPSA) is 29.5 Å². The number of aryl methyl sites for hydroxylation is 1. The molecular weight excluding hydrogens is 210 g/mol. The largest absolute Gasteiger partial charge is 0.375 e. The number of hydrogen-bond donors (Lipinski definition) is 0. The zero-order chi connectivity index (χ0) is 10.8. The molecule has 0 spiro atoms. The van der Waals surface area contributed by atoms with E-state index in [1.54, 1.807) is 0 Å². The third-order valence-electron chi connectivity index (χ3n) is 2.58. The Morgan fingerprint density at radius 3 is 3.07 bits per heavy atom. The summed E-state index contributed by atoms with van der Waals surface area (Å²) in [6, 6.07) is 1.99. The summed E-state index contributed by atoms with van der Waals surface area (Å²) in [5.74, 6) is 0.151. The predicted molar refractivity (Wildman–Crippen MR) is 60.4 cm³/mol. The molecule has 1 aromatic rings. The quantitative estimate of drug-likeness (QED) is 0.730. The van der Waals surface area contributed by atoms with Gasteiger partial charge in [-0.1, -0.05) is 0 Å². The number of ether oxygens (including phenoxy) is 1. The minimum Gasteiger partial charge on any atom is -0.375 e. The normalized spacial score (nSPS) is 21.7. The molecule has 1 aromatic heterocycles. The highest BCUT2D eigenvalue weighted by atomic mass is 32.1. The molecule has 82 valence electrons. The van der Waals surface area contributed by atoms with Crippen molar-refractivity contribution in [2.75, 3.05) is 19.7 Å². The summed E-state index contributed by atoms with van der Waals surface area (Å²) in [5, 5.41) is 1.96. The fourth-order valence-corrected chi connectivity index (χ4v) is 2.63. The first-order valence-corrected chi connectivity index (χ1v) is 6.01. The third kappa shape index (κ3) is 2.21. The number of morpholine rings is 1. The number of rotatable bonds is 1. The second-order valence-corrected chi connectivity index (χ2v) is 4.78. The maximum absolute atomic E-state index is 12.1. The van der Waals surface area contributed by atoms with Crippen LogP contribution in [-0.4, -0.2) is 36.6 Å². The van der Waals surface area contributed by atoms with Crippen molar-refractivity contribution < 1.29 is 9.53 Å². The van der Waals surface area contributed by atoms with E-state index in [9.17, 15) is 4.79 Å². The monoisotopic (exact) mass is 225 g/mol. The van der Waals surface area contributed by atoms with Gasteiger partial charge in [0.15, 0.2) is 0 Å². The Kier molecular flexibility index (Phi) is 3.07. The number of thiophene rings is 1. The lowest BCUT2D eigenvalue weighted by Crippen LogP contribution is -2.44. The summed E-state index contributed by atoms with van der Waals surface area (Å²) < 4.78 is 5.42. The molecule has 1 atom stereocenters. The summed E-state index contributed by atoms with van der Waals surface area (Å²) >= 11 is 1.52. The van der Waals surface area contributed by atoms with Crippen molar-refractivity contribution in [3.8, 4) is 0 Å². The molecule has 0 N–H and O–H groups in total. The Labute approximate surface area is 93.7 Å². The molecule has 1 aliphatic rings. The first-order chi connectivity index (χ1) is 7.18. The lowest BCUT2D eigenvalue weighted by molar-refractivity contribution is -0.0122. The second-order valence-electron chi connectivity index (χ2n) is 3.87. The lowest BCUT2D eigenvalue weighted by Gasteiger charge is -2.31. The summed E-state index contributed by atoms with van der Waals surface area (Å²) in [5.41, 5.74) is 1.07. The molecule has 1 amide bonds. The third-order valence-corrected chi connectivity index (χ3v) is 3.59. The van der Waals surface area contributed by atoms with E-state index in [0.29, 0.717) is 19.7 Å². The molecule has 0 aliphatic carbocycles. The molecule has 4 heteroatoms. The highest BCUT2D eigenvalue weighted by Gasteiger charge is 2.23. The molecule has 0 saturated carbocycles. The van der Waals surface area contributed by atoms with Crippen molar-refractivity contribution in [3.05, 3.63) is 21.9 Å². The Balaban J connectivity index is 2.11. The molecule has 0 radical (unpaired) electrons. The SMILES string of the molecule is Cc1ccsc1C(=O)N1CCOC(C)C1. The predicted octanol–water partition coefficient (Wildman–Crippen LogP) is 1.92. The van der Waals surface area contributed by atoms with Crippen LogP contribution in [0.15, 0.2) is 11.4 Å². The van der Waals surface area contributed by atoms with Gasteiger partial charge in [-0.25, -0.2) is 0 Å². The molecule has 15 heavy (non-hydrogen) atoms. The van der Waals surface area contributed by atoms with Crippen molar-refractivity contribution in [3.63, 3.8) is 0 Å². The van der Waals surface area contributed by atoms with Crippen LogP contribution < -0.4 is 0 Å². The van der Waals surface area contributed by atoms with E-state index >= 15 is 0 Å². The van der Waals surface area contributed by atoms with Crippen LogP contribution >= 0.6 is 11.3 Å². The number of carbonyl (C=O) groups excluding carboxylic acids is 1. The molecule has 2 rings (SSSR count). The Bertz CT molecular complexity index is 361. The van der Waals surface area contributed by atoms with Crippen molar-refractivity contribution in [1.29, 1.82) is 0 Å². The van der Waals surface area contributed by atoms with Gasteiger partial charge in [0.05, 0.1) is 17.6 Å². The van der Waals surface area contributed by atoms with Crippen LogP contribution in [0, 0.1) is 6.92 Å². The number of amides is 1. The van der Waals surface area contributed by atoms with E-state index in [4.69, 9.17) is 4.74 Å². The number of carbonyl (C=O) groups is 1. The highest BCUT2D eigenvalue weighted by molar-refractivity contribution is 7.12. The zero-order valence-corrected chi connectivity index (χ0v) is 9.84. The fourth-order valence-electron chi connectivity index (χ4n) is 1.74. The molecular formula is C11H15NO2S. The van der Waals surface area contributed by atoms with Gasteiger partial charge < -0.3 is 9.64 Å². The van der Waals surface area contributed by atoms with Gasteiger partial charge in [0, 0.05) is 13.1 Å². The average Bonchev–Trinajstić information content (AvgIpc) is 2.63. The van der Waals surface area contributed by atoms with E-state index in [0.717, 1.165) is 10.4 Å². The summed E-state index contributed by atoms with van der Waals surface area (Å²) in [7, 11) is 0. The first kappa shape index (κ1) is 10.6. The molecule has 1 unspecified atom stereocenters. The van der Waals surface area contributed by atoms with Gasteiger partial charge in [-0.05, 0) is 30.9 Å². The van der Waals surface area contributed by atoms with Crippen LogP contribution in [0.4, 0.5) is 0 Å². The van der Waals surface area contributed by atoms with Gasteiger partial charge >= 0.3 is 0 Å². The Hall–Kier alpha value is -0.870. The Morgan fingerprint density at radius 1 is 1.67 bits per heavy atom. The van der Waals surface area contributed by atoms with E-state index < -0.39 is 0 Å². The van der Waals surface area contributed by atoms with Crippen LogP contribution in [0.5, 0.6) is 0 Å².